The van der Waals surface area contributed by atoms with Crippen LogP contribution in [-0.4, -0.2) is 17.4 Å². The standard InChI is InChI=1S/C13H15N3S2/c17-13(16-14-8-11-2-1-5-18-11)15-12-7-9-3-4-10(12)6-9/h1-5,8-10,12H,6-7H2,(H2,15,16,17)/b14-8-/t9-,10+,12+/m1/s1. The third kappa shape index (κ3) is 2.62. The Morgan fingerprint density at radius 1 is 1.44 bits per heavy atom. The van der Waals surface area contributed by atoms with Crippen molar-refractivity contribution < 1.29 is 0 Å². The van der Waals surface area contributed by atoms with E-state index in [1.54, 1.807) is 17.6 Å². The Bertz CT molecular complexity index is 478. The molecule has 5 heteroatoms. The minimum atomic E-state index is 0.483. The topological polar surface area (TPSA) is 36.4 Å². The summed E-state index contributed by atoms with van der Waals surface area (Å²) in [4.78, 5) is 1.12. The van der Waals surface area contributed by atoms with Gasteiger partial charge in [0, 0.05) is 10.9 Å². The highest BCUT2D eigenvalue weighted by Gasteiger charge is 2.35. The molecule has 1 saturated carbocycles. The zero-order valence-corrected chi connectivity index (χ0v) is 11.5. The summed E-state index contributed by atoms with van der Waals surface area (Å²) in [6.07, 6.45) is 8.90. The number of fused-ring (bicyclic) bond motifs is 2. The normalized spacial score (nSPS) is 29.0. The van der Waals surface area contributed by atoms with Crippen molar-refractivity contribution in [1.82, 2.24) is 10.7 Å². The first-order valence-corrected chi connectivity index (χ1v) is 7.41. The van der Waals surface area contributed by atoms with Crippen LogP contribution in [-0.2, 0) is 0 Å². The number of thiocarbonyl (C=S) groups is 1. The fraction of sp³-hybridized carbons (Fsp3) is 0.385. The molecule has 1 heterocycles. The van der Waals surface area contributed by atoms with Gasteiger partial charge in [-0.1, -0.05) is 18.2 Å². The van der Waals surface area contributed by atoms with Crippen LogP contribution < -0.4 is 10.7 Å². The molecule has 0 aromatic carbocycles. The molecule has 94 valence electrons. The molecule has 0 unspecified atom stereocenters. The third-order valence-electron chi connectivity index (χ3n) is 3.50. The maximum absolute atomic E-state index is 5.24. The van der Waals surface area contributed by atoms with Crippen molar-refractivity contribution in [2.75, 3.05) is 0 Å². The number of nitrogens with zero attached hydrogens (tertiary/aromatic N) is 1. The van der Waals surface area contributed by atoms with E-state index in [1.807, 2.05) is 17.5 Å². The van der Waals surface area contributed by atoms with Crippen molar-refractivity contribution in [1.29, 1.82) is 0 Å². The zero-order chi connectivity index (χ0) is 12.4. The SMILES string of the molecule is S=C(N/N=C\c1cccs1)N[C@H]1C[C@@H]2C=C[C@H]1C2. The van der Waals surface area contributed by atoms with E-state index in [-0.39, 0.29) is 0 Å². The summed E-state index contributed by atoms with van der Waals surface area (Å²) in [5, 5.41) is 10.1. The van der Waals surface area contributed by atoms with Crippen LogP contribution in [0.3, 0.4) is 0 Å². The molecule has 2 aliphatic rings. The van der Waals surface area contributed by atoms with Gasteiger partial charge in [0.2, 0.25) is 0 Å². The van der Waals surface area contributed by atoms with Crippen LogP contribution in [0.1, 0.15) is 17.7 Å². The number of nitrogens with one attached hydrogen (secondary N) is 2. The molecule has 18 heavy (non-hydrogen) atoms. The van der Waals surface area contributed by atoms with Crippen LogP contribution in [0.4, 0.5) is 0 Å². The molecule has 1 fully saturated rings. The zero-order valence-electron chi connectivity index (χ0n) is 9.87. The van der Waals surface area contributed by atoms with Gasteiger partial charge in [-0.15, -0.1) is 11.3 Å². The van der Waals surface area contributed by atoms with E-state index < -0.39 is 0 Å². The molecular formula is C13H15N3S2. The number of allylic oxidation sites excluding steroid dienone is 1. The molecule has 2 N–H and O–H groups in total. The maximum atomic E-state index is 5.24. The van der Waals surface area contributed by atoms with Crippen molar-refractivity contribution in [3.8, 4) is 0 Å². The number of hydrazone groups is 1. The largest absolute Gasteiger partial charge is 0.358 e. The van der Waals surface area contributed by atoms with Crippen molar-refractivity contribution in [3.63, 3.8) is 0 Å². The summed E-state index contributed by atoms with van der Waals surface area (Å²) in [6, 6.07) is 4.51. The van der Waals surface area contributed by atoms with Crippen molar-refractivity contribution >= 4 is 34.9 Å². The Kier molecular flexibility index (Phi) is 3.43. The Balaban J connectivity index is 1.46. The molecule has 0 aliphatic heterocycles. The Morgan fingerprint density at radius 3 is 3.06 bits per heavy atom. The lowest BCUT2D eigenvalue weighted by molar-refractivity contribution is 0.521. The molecule has 2 bridgehead atoms. The van der Waals surface area contributed by atoms with Crippen LogP contribution in [0, 0.1) is 11.8 Å². The van der Waals surface area contributed by atoms with Crippen LogP contribution in [0.5, 0.6) is 0 Å². The lowest BCUT2D eigenvalue weighted by Gasteiger charge is -2.20. The molecule has 0 radical (unpaired) electrons. The minimum absolute atomic E-state index is 0.483. The molecule has 2 aliphatic carbocycles. The minimum Gasteiger partial charge on any atom is -0.358 e. The second kappa shape index (κ2) is 5.20. The lowest BCUT2D eigenvalue weighted by Crippen LogP contribution is -2.42. The van der Waals surface area contributed by atoms with Gasteiger partial charge < -0.3 is 5.32 Å². The Labute approximate surface area is 116 Å². The average Bonchev–Trinajstić information content (AvgIpc) is 3.04. The molecule has 0 amide bonds. The fourth-order valence-corrected chi connectivity index (χ4v) is 3.46. The molecule has 3 nitrogen and oxygen atoms in total. The predicted octanol–water partition coefficient (Wildman–Crippen LogP) is 2.51. The van der Waals surface area contributed by atoms with Gasteiger partial charge in [-0.2, -0.15) is 5.10 Å². The van der Waals surface area contributed by atoms with Gasteiger partial charge in [0.1, 0.15) is 0 Å². The summed E-state index contributed by atoms with van der Waals surface area (Å²) < 4.78 is 0. The van der Waals surface area contributed by atoms with E-state index in [0.29, 0.717) is 17.1 Å². The summed E-state index contributed by atoms with van der Waals surface area (Å²) in [5.41, 5.74) is 2.88. The van der Waals surface area contributed by atoms with Gasteiger partial charge in [-0.05, 0) is 48.3 Å². The smallest absolute Gasteiger partial charge is 0.187 e. The third-order valence-corrected chi connectivity index (χ3v) is 4.51. The van der Waals surface area contributed by atoms with Gasteiger partial charge in [-0.25, -0.2) is 0 Å². The van der Waals surface area contributed by atoms with E-state index in [0.717, 1.165) is 10.8 Å². The average molecular weight is 277 g/mol. The Morgan fingerprint density at radius 2 is 2.39 bits per heavy atom. The molecule has 3 rings (SSSR count). The van der Waals surface area contributed by atoms with E-state index in [1.165, 1.54) is 12.8 Å². The predicted molar refractivity (Wildman–Crippen MR) is 79.9 cm³/mol. The molecule has 1 aromatic rings. The highest BCUT2D eigenvalue weighted by atomic mass is 32.1. The van der Waals surface area contributed by atoms with E-state index in [9.17, 15) is 0 Å². The monoisotopic (exact) mass is 277 g/mol. The van der Waals surface area contributed by atoms with Gasteiger partial charge >= 0.3 is 0 Å². The van der Waals surface area contributed by atoms with Crippen molar-refractivity contribution in [2.45, 2.75) is 18.9 Å². The second-order valence-corrected chi connectivity index (χ2v) is 6.13. The first-order valence-electron chi connectivity index (χ1n) is 6.12. The molecular weight excluding hydrogens is 262 g/mol. The second-order valence-electron chi connectivity index (χ2n) is 4.75. The van der Waals surface area contributed by atoms with Gasteiger partial charge in [0.15, 0.2) is 5.11 Å². The van der Waals surface area contributed by atoms with Crippen LogP contribution >= 0.6 is 23.6 Å². The summed E-state index contributed by atoms with van der Waals surface area (Å²) >= 11 is 6.90. The highest BCUT2D eigenvalue weighted by Crippen LogP contribution is 2.38. The van der Waals surface area contributed by atoms with Crippen molar-refractivity contribution in [3.05, 3.63) is 34.5 Å². The molecule has 3 atom stereocenters. The molecule has 1 aromatic heterocycles. The van der Waals surface area contributed by atoms with E-state index in [4.69, 9.17) is 12.2 Å². The Hall–Kier alpha value is -1.20. The number of hydrogen-bond donors (Lipinski definition) is 2. The van der Waals surface area contributed by atoms with Gasteiger partial charge in [0.25, 0.3) is 0 Å². The van der Waals surface area contributed by atoms with Crippen LogP contribution in [0.2, 0.25) is 0 Å². The van der Waals surface area contributed by atoms with Crippen LogP contribution in [0.15, 0.2) is 34.8 Å². The van der Waals surface area contributed by atoms with Crippen molar-refractivity contribution in [2.24, 2.45) is 16.9 Å². The summed E-state index contributed by atoms with van der Waals surface area (Å²) in [5.74, 6) is 1.40. The van der Waals surface area contributed by atoms with Crippen LogP contribution in [0.25, 0.3) is 0 Å². The first-order chi connectivity index (χ1) is 8.81. The fourth-order valence-electron chi connectivity index (χ4n) is 2.67. The number of thiophene rings is 1. The quantitative estimate of drug-likeness (QED) is 0.386. The van der Waals surface area contributed by atoms with Gasteiger partial charge in [0.05, 0.1) is 6.21 Å². The molecule has 0 saturated heterocycles. The van der Waals surface area contributed by atoms with E-state index in [2.05, 4.69) is 28.0 Å². The van der Waals surface area contributed by atoms with E-state index >= 15 is 0 Å². The first kappa shape index (κ1) is 11.9. The number of hydrogen-bond acceptors (Lipinski definition) is 3. The maximum Gasteiger partial charge on any atom is 0.187 e. The number of rotatable bonds is 3. The molecule has 0 spiro atoms. The highest BCUT2D eigenvalue weighted by molar-refractivity contribution is 7.80. The summed E-state index contributed by atoms with van der Waals surface area (Å²) in [7, 11) is 0. The lowest BCUT2D eigenvalue weighted by atomic mass is 10.0. The summed E-state index contributed by atoms with van der Waals surface area (Å²) in [6.45, 7) is 0. The van der Waals surface area contributed by atoms with Gasteiger partial charge in [-0.3, -0.25) is 5.43 Å².